The second kappa shape index (κ2) is 6.84. The van der Waals surface area contributed by atoms with E-state index in [2.05, 4.69) is 0 Å². The van der Waals surface area contributed by atoms with Crippen LogP contribution in [-0.4, -0.2) is 56.7 Å². The maximum atomic E-state index is 12.9. The molecule has 2 N–H and O–H groups in total. The number of carbonyl (C=O) groups is 3. The van der Waals surface area contributed by atoms with Crippen LogP contribution in [-0.2, 0) is 14.3 Å². The number of aliphatic carboxylic acids is 2. The second-order valence-electron chi connectivity index (χ2n) is 7.14. The molecule has 1 amide bonds. The van der Waals surface area contributed by atoms with Crippen molar-refractivity contribution in [2.75, 3.05) is 6.54 Å². The predicted molar refractivity (Wildman–Crippen MR) is 89.3 cm³/mol. The average molecular weight is 349 g/mol. The van der Waals surface area contributed by atoms with Crippen molar-refractivity contribution in [1.82, 2.24) is 4.90 Å². The van der Waals surface area contributed by atoms with Gasteiger partial charge in [-0.05, 0) is 45.7 Å². The standard InChI is InChI=1S/C18H23NO6/c1-17(2,3)25-13-9-10-18(15(21)22,16(23)24)19(11-13)14(20)12-7-5-4-6-8-12/h4-8,13H,9-11H2,1-3H3,(H,21,22)(H,23,24)/t13-/m0/s1. The molecule has 1 aliphatic rings. The molecule has 25 heavy (non-hydrogen) atoms. The van der Waals surface area contributed by atoms with Crippen molar-refractivity contribution < 1.29 is 29.3 Å². The Bertz CT molecular complexity index is 650. The van der Waals surface area contributed by atoms with Crippen LogP contribution in [0.25, 0.3) is 0 Å². The van der Waals surface area contributed by atoms with Gasteiger partial charge in [0, 0.05) is 12.1 Å². The van der Waals surface area contributed by atoms with Crippen molar-refractivity contribution in [3.63, 3.8) is 0 Å². The summed E-state index contributed by atoms with van der Waals surface area (Å²) in [5, 5.41) is 19.3. The smallest absolute Gasteiger partial charge is 0.341 e. The number of rotatable bonds is 4. The molecule has 2 rings (SSSR count). The van der Waals surface area contributed by atoms with Crippen LogP contribution < -0.4 is 0 Å². The largest absolute Gasteiger partial charge is 0.479 e. The van der Waals surface area contributed by atoms with E-state index in [1.54, 1.807) is 18.2 Å². The molecular weight excluding hydrogens is 326 g/mol. The van der Waals surface area contributed by atoms with Gasteiger partial charge in [0.1, 0.15) is 0 Å². The van der Waals surface area contributed by atoms with E-state index < -0.39 is 35.1 Å². The molecule has 1 aromatic rings. The SMILES string of the molecule is CC(C)(C)O[C@H]1CCC(C(=O)O)(C(=O)O)N(C(=O)c2ccccc2)C1. The van der Waals surface area contributed by atoms with Crippen LogP contribution >= 0.6 is 0 Å². The van der Waals surface area contributed by atoms with Gasteiger partial charge in [-0.25, -0.2) is 9.59 Å². The summed E-state index contributed by atoms with van der Waals surface area (Å²) in [4.78, 5) is 37.5. The van der Waals surface area contributed by atoms with E-state index in [4.69, 9.17) is 4.74 Å². The lowest BCUT2D eigenvalue weighted by Crippen LogP contribution is -2.66. The summed E-state index contributed by atoms with van der Waals surface area (Å²) in [7, 11) is 0. The van der Waals surface area contributed by atoms with E-state index in [0.29, 0.717) is 0 Å². The number of carboxylic acids is 2. The third kappa shape index (κ3) is 3.82. The minimum Gasteiger partial charge on any atom is -0.479 e. The lowest BCUT2D eigenvalue weighted by atomic mass is 9.84. The van der Waals surface area contributed by atoms with Gasteiger partial charge in [-0.1, -0.05) is 18.2 Å². The van der Waals surface area contributed by atoms with Crippen LogP contribution in [0.1, 0.15) is 44.0 Å². The summed E-state index contributed by atoms with van der Waals surface area (Å²) >= 11 is 0. The highest BCUT2D eigenvalue weighted by atomic mass is 16.5. The Morgan fingerprint density at radius 1 is 1.12 bits per heavy atom. The number of amides is 1. The molecule has 7 heteroatoms. The lowest BCUT2D eigenvalue weighted by molar-refractivity contribution is -0.174. The van der Waals surface area contributed by atoms with E-state index in [1.165, 1.54) is 12.1 Å². The molecule has 0 unspecified atom stereocenters. The molecule has 136 valence electrons. The topological polar surface area (TPSA) is 104 Å². The van der Waals surface area contributed by atoms with Gasteiger partial charge in [0.15, 0.2) is 0 Å². The molecule has 1 atom stereocenters. The number of benzene rings is 1. The van der Waals surface area contributed by atoms with Gasteiger partial charge < -0.3 is 19.8 Å². The molecule has 1 aliphatic heterocycles. The molecule has 0 saturated carbocycles. The average Bonchev–Trinajstić information content (AvgIpc) is 2.53. The fourth-order valence-electron chi connectivity index (χ4n) is 3.08. The quantitative estimate of drug-likeness (QED) is 0.806. The first-order chi connectivity index (χ1) is 11.6. The van der Waals surface area contributed by atoms with E-state index in [0.717, 1.165) is 4.90 Å². The fourth-order valence-corrected chi connectivity index (χ4v) is 3.08. The summed E-state index contributed by atoms with van der Waals surface area (Å²) in [6.07, 6.45) is -0.398. The molecule has 0 spiro atoms. The van der Waals surface area contributed by atoms with Gasteiger partial charge in [-0.3, -0.25) is 4.79 Å². The number of likely N-dealkylation sites (tertiary alicyclic amines) is 1. The van der Waals surface area contributed by atoms with E-state index >= 15 is 0 Å². The zero-order valence-corrected chi connectivity index (χ0v) is 14.6. The van der Waals surface area contributed by atoms with Crippen molar-refractivity contribution in [2.45, 2.75) is 50.9 Å². The predicted octanol–water partition coefficient (Wildman–Crippen LogP) is 2.01. The number of hydrogen-bond acceptors (Lipinski definition) is 4. The summed E-state index contributed by atoms with van der Waals surface area (Å²) in [6.45, 7) is 5.47. The van der Waals surface area contributed by atoms with Crippen LogP contribution in [0.3, 0.4) is 0 Å². The number of carboxylic acid groups (broad SMARTS) is 2. The Hall–Kier alpha value is -2.41. The van der Waals surface area contributed by atoms with Crippen molar-refractivity contribution >= 4 is 17.8 Å². The molecule has 0 aromatic heterocycles. The van der Waals surface area contributed by atoms with E-state index in [1.807, 2.05) is 20.8 Å². The molecule has 0 aliphatic carbocycles. The Morgan fingerprint density at radius 3 is 2.16 bits per heavy atom. The summed E-state index contributed by atoms with van der Waals surface area (Å²) in [5.41, 5.74) is -2.53. The molecule has 1 saturated heterocycles. The fraction of sp³-hybridized carbons (Fsp3) is 0.500. The first-order valence-corrected chi connectivity index (χ1v) is 8.09. The third-order valence-electron chi connectivity index (χ3n) is 4.17. The number of ether oxygens (including phenoxy) is 1. The zero-order chi connectivity index (χ0) is 18.8. The monoisotopic (exact) mass is 349 g/mol. The van der Waals surface area contributed by atoms with Gasteiger partial charge in [-0.15, -0.1) is 0 Å². The van der Waals surface area contributed by atoms with E-state index in [9.17, 15) is 24.6 Å². The Labute approximate surface area is 146 Å². The molecule has 0 bridgehead atoms. The van der Waals surface area contributed by atoms with Gasteiger partial charge >= 0.3 is 11.9 Å². The maximum absolute atomic E-state index is 12.9. The number of piperidine rings is 1. The second-order valence-corrected chi connectivity index (χ2v) is 7.14. The number of hydrogen-bond donors (Lipinski definition) is 2. The molecule has 7 nitrogen and oxygen atoms in total. The van der Waals surface area contributed by atoms with Crippen LogP contribution in [0.4, 0.5) is 0 Å². The minimum atomic E-state index is -2.29. The maximum Gasteiger partial charge on any atom is 0.341 e. The molecular formula is C18H23NO6. The molecule has 1 fully saturated rings. The zero-order valence-electron chi connectivity index (χ0n) is 14.6. The van der Waals surface area contributed by atoms with E-state index in [-0.39, 0.29) is 24.9 Å². The normalized spacial score (nSPS) is 20.1. The first kappa shape index (κ1) is 18.9. The molecule has 1 aromatic carbocycles. The van der Waals surface area contributed by atoms with Crippen LogP contribution in [0.5, 0.6) is 0 Å². The van der Waals surface area contributed by atoms with Gasteiger partial charge in [0.05, 0.1) is 11.7 Å². The highest BCUT2D eigenvalue weighted by molar-refractivity contribution is 6.09. The van der Waals surface area contributed by atoms with Gasteiger partial charge in [-0.2, -0.15) is 0 Å². The van der Waals surface area contributed by atoms with Crippen molar-refractivity contribution in [2.24, 2.45) is 0 Å². The Kier molecular flexibility index (Phi) is 5.17. The van der Waals surface area contributed by atoms with Crippen LogP contribution in [0.2, 0.25) is 0 Å². The lowest BCUT2D eigenvalue weighted by Gasteiger charge is -2.45. The van der Waals surface area contributed by atoms with Crippen molar-refractivity contribution in [3.8, 4) is 0 Å². The van der Waals surface area contributed by atoms with Gasteiger partial charge in [0.25, 0.3) is 5.91 Å². The first-order valence-electron chi connectivity index (χ1n) is 8.09. The number of carbonyl (C=O) groups excluding carboxylic acids is 1. The Morgan fingerprint density at radius 2 is 1.68 bits per heavy atom. The van der Waals surface area contributed by atoms with Crippen LogP contribution in [0, 0.1) is 0 Å². The minimum absolute atomic E-state index is 0.0937. The van der Waals surface area contributed by atoms with Crippen molar-refractivity contribution in [3.05, 3.63) is 35.9 Å². The number of nitrogens with zero attached hydrogens (tertiary/aromatic N) is 1. The molecule has 0 radical (unpaired) electrons. The highest BCUT2D eigenvalue weighted by Crippen LogP contribution is 2.33. The van der Waals surface area contributed by atoms with Crippen LogP contribution in [0.15, 0.2) is 30.3 Å². The van der Waals surface area contributed by atoms with Gasteiger partial charge in [0.2, 0.25) is 5.54 Å². The third-order valence-corrected chi connectivity index (χ3v) is 4.17. The molecule has 1 heterocycles. The summed E-state index contributed by atoms with van der Waals surface area (Å²) < 4.78 is 5.87. The highest BCUT2D eigenvalue weighted by Gasteiger charge is 2.57. The summed E-state index contributed by atoms with van der Waals surface area (Å²) in [5.74, 6) is -3.72. The summed E-state index contributed by atoms with van der Waals surface area (Å²) in [6, 6.07) is 8.07. The Balaban J connectivity index is 2.42. The van der Waals surface area contributed by atoms with Crippen molar-refractivity contribution in [1.29, 1.82) is 0 Å².